The highest BCUT2D eigenvalue weighted by Gasteiger charge is 2.14. The Kier molecular flexibility index (Phi) is 4.83. The van der Waals surface area contributed by atoms with E-state index in [2.05, 4.69) is 22.1 Å². The lowest BCUT2D eigenvalue weighted by Crippen LogP contribution is -2.20. The van der Waals surface area contributed by atoms with Crippen LogP contribution in [0.5, 0.6) is 0 Å². The van der Waals surface area contributed by atoms with Crippen LogP contribution in [0.3, 0.4) is 0 Å². The molecule has 114 valence electrons. The monoisotopic (exact) mass is 288 g/mol. The number of rotatable bonds is 6. The Labute approximate surface area is 126 Å². The van der Waals surface area contributed by atoms with Crippen molar-refractivity contribution in [3.63, 3.8) is 0 Å². The maximum atomic E-state index is 5.65. The lowest BCUT2D eigenvalue weighted by atomic mass is 10.2. The van der Waals surface area contributed by atoms with Crippen molar-refractivity contribution in [3.05, 3.63) is 35.0 Å². The van der Waals surface area contributed by atoms with Gasteiger partial charge in [-0.1, -0.05) is 6.92 Å². The first-order valence-electron chi connectivity index (χ1n) is 7.36. The van der Waals surface area contributed by atoms with Crippen LogP contribution in [0.25, 0.3) is 0 Å². The summed E-state index contributed by atoms with van der Waals surface area (Å²) in [5.74, 6) is 4.60. The van der Waals surface area contributed by atoms with Crippen LogP contribution in [0.2, 0.25) is 0 Å². The van der Waals surface area contributed by atoms with Gasteiger partial charge in [-0.3, -0.25) is 0 Å². The van der Waals surface area contributed by atoms with E-state index in [1.807, 2.05) is 40.1 Å². The Hall–Kier alpha value is -2.04. The summed E-state index contributed by atoms with van der Waals surface area (Å²) in [7, 11) is 3.92. The number of aryl methyl sites for hydroxylation is 2. The third-order valence-electron chi connectivity index (χ3n) is 3.43. The predicted octanol–water partition coefficient (Wildman–Crippen LogP) is 3.32. The molecule has 2 rings (SSSR count). The van der Waals surface area contributed by atoms with Crippen molar-refractivity contribution < 1.29 is 4.42 Å². The van der Waals surface area contributed by atoms with Crippen LogP contribution >= 0.6 is 0 Å². The van der Waals surface area contributed by atoms with Crippen molar-refractivity contribution >= 4 is 11.6 Å². The van der Waals surface area contributed by atoms with E-state index in [-0.39, 0.29) is 0 Å². The van der Waals surface area contributed by atoms with Crippen molar-refractivity contribution in [1.29, 1.82) is 0 Å². The van der Waals surface area contributed by atoms with Crippen molar-refractivity contribution in [2.75, 3.05) is 24.3 Å². The minimum atomic E-state index is 0.695. The summed E-state index contributed by atoms with van der Waals surface area (Å²) in [6, 6.07) is 3.99. The van der Waals surface area contributed by atoms with E-state index in [0.717, 1.165) is 47.4 Å². The second-order valence-electron chi connectivity index (χ2n) is 5.31. The molecule has 0 atom stereocenters. The molecule has 21 heavy (non-hydrogen) atoms. The number of hydrogen-bond donors (Lipinski definition) is 1. The lowest BCUT2D eigenvalue weighted by molar-refractivity contribution is 0.481. The number of anilines is 2. The smallest absolute Gasteiger partial charge is 0.137 e. The zero-order valence-corrected chi connectivity index (χ0v) is 13.5. The molecule has 2 heterocycles. The molecule has 0 saturated heterocycles. The van der Waals surface area contributed by atoms with E-state index in [4.69, 9.17) is 9.40 Å². The van der Waals surface area contributed by atoms with E-state index < -0.39 is 0 Å². The number of furan rings is 1. The Balaban J connectivity index is 2.29. The standard InChI is InChI=1S/C16H24N4O/c1-6-7-14-18-15(17-4)12(3)16(19-14)20(5)10-13-9-8-11(2)21-13/h8-9H,6-7,10H2,1-5H3,(H,17,18,19). The largest absolute Gasteiger partial charge is 0.464 e. The van der Waals surface area contributed by atoms with Gasteiger partial charge in [0.15, 0.2) is 0 Å². The molecular weight excluding hydrogens is 264 g/mol. The van der Waals surface area contributed by atoms with E-state index >= 15 is 0 Å². The molecule has 0 aliphatic heterocycles. The zero-order valence-electron chi connectivity index (χ0n) is 13.5. The fourth-order valence-corrected chi connectivity index (χ4v) is 2.38. The van der Waals surface area contributed by atoms with Gasteiger partial charge < -0.3 is 14.6 Å². The second-order valence-corrected chi connectivity index (χ2v) is 5.31. The van der Waals surface area contributed by atoms with E-state index in [0.29, 0.717) is 6.54 Å². The summed E-state index contributed by atoms with van der Waals surface area (Å²) < 4.78 is 5.65. The molecule has 0 unspecified atom stereocenters. The molecule has 0 aliphatic rings. The average Bonchev–Trinajstić information content (AvgIpc) is 2.86. The fraction of sp³-hybridized carbons (Fsp3) is 0.500. The molecule has 1 N–H and O–H groups in total. The third kappa shape index (κ3) is 3.54. The number of aromatic nitrogens is 2. The quantitative estimate of drug-likeness (QED) is 0.883. The van der Waals surface area contributed by atoms with Gasteiger partial charge in [0.2, 0.25) is 0 Å². The topological polar surface area (TPSA) is 54.2 Å². The predicted molar refractivity (Wildman–Crippen MR) is 85.9 cm³/mol. The lowest BCUT2D eigenvalue weighted by Gasteiger charge is -2.21. The van der Waals surface area contributed by atoms with Crippen molar-refractivity contribution in [1.82, 2.24) is 9.97 Å². The summed E-state index contributed by atoms with van der Waals surface area (Å²) in [5.41, 5.74) is 1.06. The first-order chi connectivity index (χ1) is 10.0. The molecule has 0 aliphatic carbocycles. The molecule has 5 heteroatoms. The third-order valence-corrected chi connectivity index (χ3v) is 3.43. The van der Waals surface area contributed by atoms with Crippen molar-refractivity contribution in [2.24, 2.45) is 0 Å². The van der Waals surface area contributed by atoms with Gasteiger partial charge in [-0.25, -0.2) is 9.97 Å². The Morgan fingerprint density at radius 2 is 2.00 bits per heavy atom. The first-order valence-corrected chi connectivity index (χ1v) is 7.36. The van der Waals surface area contributed by atoms with Crippen LogP contribution in [-0.2, 0) is 13.0 Å². The summed E-state index contributed by atoms with van der Waals surface area (Å²) in [6.07, 6.45) is 1.92. The van der Waals surface area contributed by atoms with Gasteiger partial charge in [-0.15, -0.1) is 0 Å². The molecule has 2 aromatic heterocycles. The molecule has 0 bridgehead atoms. The van der Waals surface area contributed by atoms with Gasteiger partial charge >= 0.3 is 0 Å². The van der Waals surface area contributed by atoms with Gasteiger partial charge in [0.25, 0.3) is 0 Å². The second kappa shape index (κ2) is 6.61. The maximum absolute atomic E-state index is 5.65. The Bertz CT molecular complexity index is 606. The summed E-state index contributed by atoms with van der Waals surface area (Å²) in [5, 5.41) is 3.16. The average molecular weight is 288 g/mol. The number of hydrogen-bond acceptors (Lipinski definition) is 5. The van der Waals surface area contributed by atoms with Crippen LogP contribution in [0.4, 0.5) is 11.6 Å². The molecule has 5 nitrogen and oxygen atoms in total. The zero-order chi connectivity index (χ0) is 15.4. The minimum Gasteiger partial charge on any atom is -0.464 e. The van der Waals surface area contributed by atoms with E-state index in [1.165, 1.54) is 0 Å². The van der Waals surface area contributed by atoms with Gasteiger partial charge in [-0.2, -0.15) is 0 Å². The molecule has 0 saturated carbocycles. The molecule has 0 spiro atoms. The molecule has 2 aromatic rings. The van der Waals surface area contributed by atoms with E-state index in [1.54, 1.807) is 0 Å². The van der Waals surface area contributed by atoms with Crippen LogP contribution < -0.4 is 10.2 Å². The van der Waals surface area contributed by atoms with Crippen LogP contribution in [0.1, 0.15) is 36.3 Å². The Morgan fingerprint density at radius 3 is 2.57 bits per heavy atom. The molecule has 0 fully saturated rings. The van der Waals surface area contributed by atoms with E-state index in [9.17, 15) is 0 Å². The number of nitrogens with zero attached hydrogens (tertiary/aromatic N) is 3. The SMILES string of the molecule is CCCc1nc(NC)c(C)c(N(C)Cc2ccc(C)o2)n1. The number of nitrogens with one attached hydrogen (secondary N) is 1. The normalized spacial score (nSPS) is 10.7. The highest BCUT2D eigenvalue weighted by molar-refractivity contribution is 5.58. The molecule has 0 radical (unpaired) electrons. The van der Waals surface area contributed by atoms with Crippen LogP contribution in [-0.4, -0.2) is 24.1 Å². The van der Waals surface area contributed by atoms with Crippen LogP contribution in [0.15, 0.2) is 16.5 Å². The summed E-state index contributed by atoms with van der Waals surface area (Å²) in [6.45, 7) is 6.83. The molecule has 0 aromatic carbocycles. The molecule has 0 amide bonds. The summed E-state index contributed by atoms with van der Waals surface area (Å²) >= 11 is 0. The Morgan fingerprint density at radius 1 is 1.24 bits per heavy atom. The van der Waals surface area contributed by atoms with Crippen molar-refractivity contribution in [3.8, 4) is 0 Å². The fourth-order valence-electron chi connectivity index (χ4n) is 2.38. The van der Waals surface area contributed by atoms with Crippen LogP contribution in [0, 0.1) is 13.8 Å². The first kappa shape index (κ1) is 15.4. The highest BCUT2D eigenvalue weighted by atomic mass is 16.3. The van der Waals surface area contributed by atoms with Gasteiger partial charge in [-0.05, 0) is 32.4 Å². The van der Waals surface area contributed by atoms with Gasteiger partial charge in [0, 0.05) is 26.1 Å². The summed E-state index contributed by atoms with van der Waals surface area (Å²) in [4.78, 5) is 11.4. The van der Waals surface area contributed by atoms with Crippen molar-refractivity contribution in [2.45, 2.75) is 40.2 Å². The van der Waals surface area contributed by atoms with Gasteiger partial charge in [0.05, 0.1) is 6.54 Å². The maximum Gasteiger partial charge on any atom is 0.137 e. The highest BCUT2D eigenvalue weighted by Crippen LogP contribution is 2.24. The minimum absolute atomic E-state index is 0.695. The van der Waals surface area contributed by atoms with Gasteiger partial charge in [0.1, 0.15) is 29.0 Å². The molecular formula is C16H24N4O.